The highest BCUT2D eigenvalue weighted by Crippen LogP contribution is 2.29. The third kappa shape index (κ3) is 6.63. The largest absolute Gasteiger partial charge is 0.485 e. The van der Waals surface area contributed by atoms with Crippen LogP contribution in [0.2, 0.25) is 0 Å². The molecular weight excluding hydrogens is 398 g/mol. The molecule has 0 N–H and O–H groups in total. The van der Waals surface area contributed by atoms with Crippen LogP contribution in [0.4, 0.5) is 4.79 Å². The highest BCUT2D eigenvalue weighted by atomic mass is 79.9. The summed E-state index contributed by atoms with van der Waals surface area (Å²) in [6.07, 6.45) is 2.63. The maximum atomic E-state index is 12.1. The summed E-state index contributed by atoms with van der Waals surface area (Å²) < 4.78 is 11.8. The predicted molar refractivity (Wildman–Crippen MR) is 105 cm³/mol. The van der Waals surface area contributed by atoms with E-state index in [9.17, 15) is 9.59 Å². The number of hydrogen-bond acceptors (Lipinski definition) is 4. The maximum Gasteiger partial charge on any atom is 0.410 e. The number of carbonyl (C=O) groups excluding carboxylic acids is 2. The Morgan fingerprint density at radius 2 is 1.88 bits per heavy atom. The van der Waals surface area contributed by atoms with Crippen molar-refractivity contribution in [2.75, 3.05) is 19.7 Å². The summed E-state index contributed by atoms with van der Waals surface area (Å²) >= 11 is 3.46. The van der Waals surface area contributed by atoms with E-state index >= 15 is 0 Å². The first-order valence-electron chi connectivity index (χ1n) is 9.02. The molecule has 0 spiro atoms. The summed E-state index contributed by atoms with van der Waals surface area (Å²) in [6.45, 7) is 8.70. The minimum atomic E-state index is -0.457. The van der Waals surface area contributed by atoms with Crippen LogP contribution in [0.3, 0.4) is 0 Å². The molecule has 6 heteroatoms. The van der Waals surface area contributed by atoms with Crippen molar-refractivity contribution in [1.82, 2.24) is 4.90 Å². The molecular formula is C20H28BrNO4. The molecule has 0 aromatic heterocycles. The first kappa shape index (κ1) is 20.7. The molecule has 1 amide bonds. The fraction of sp³-hybridized carbons (Fsp3) is 0.600. The number of rotatable bonds is 5. The number of ketones is 1. The molecule has 1 aliphatic heterocycles. The first-order valence-corrected chi connectivity index (χ1v) is 9.82. The minimum absolute atomic E-state index is 0.00295. The molecule has 0 saturated carbocycles. The highest BCUT2D eigenvalue weighted by molar-refractivity contribution is 9.10. The van der Waals surface area contributed by atoms with Gasteiger partial charge in [-0.2, -0.15) is 0 Å². The Kier molecular flexibility index (Phi) is 7.09. The number of nitrogens with zero attached hydrogens (tertiary/aromatic N) is 1. The van der Waals surface area contributed by atoms with Gasteiger partial charge in [0.05, 0.1) is 4.47 Å². The number of benzene rings is 1. The van der Waals surface area contributed by atoms with E-state index in [0.29, 0.717) is 11.7 Å². The van der Waals surface area contributed by atoms with Crippen LogP contribution in [0.15, 0.2) is 22.7 Å². The Morgan fingerprint density at radius 1 is 1.23 bits per heavy atom. The molecule has 26 heavy (non-hydrogen) atoms. The van der Waals surface area contributed by atoms with Gasteiger partial charge in [0.15, 0.2) is 5.78 Å². The van der Waals surface area contributed by atoms with Gasteiger partial charge in [-0.3, -0.25) is 4.79 Å². The molecule has 2 rings (SSSR count). The second-order valence-electron chi connectivity index (χ2n) is 7.87. The van der Waals surface area contributed by atoms with Crippen LogP contribution in [0, 0.1) is 5.92 Å². The van der Waals surface area contributed by atoms with Crippen LogP contribution in [0.1, 0.15) is 46.1 Å². The van der Waals surface area contributed by atoms with E-state index in [-0.39, 0.29) is 18.5 Å². The third-order valence-corrected chi connectivity index (χ3v) is 4.87. The fourth-order valence-corrected chi connectivity index (χ4v) is 3.31. The molecule has 0 bridgehead atoms. The molecule has 0 unspecified atom stereocenters. The molecule has 144 valence electrons. The van der Waals surface area contributed by atoms with Crippen LogP contribution in [-0.2, 0) is 16.0 Å². The lowest BCUT2D eigenvalue weighted by Crippen LogP contribution is -2.42. The molecule has 0 radical (unpaired) electrons. The Bertz CT molecular complexity index is 646. The van der Waals surface area contributed by atoms with Crippen molar-refractivity contribution in [3.63, 3.8) is 0 Å². The second kappa shape index (κ2) is 8.89. The van der Waals surface area contributed by atoms with Crippen molar-refractivity contribution < 1.29 is 19.1 Å². The Morgan fingerprint density at radius 3 is 2.46 bits per heavy atom. The molecule has 1 saturated heterocycles. The monoisotopic (exact) mass is 425 g/mol. The predicted octanol–water partition coefficient (Wildman–Crippen LogP) is 4.61. The molecule has 0 aliphatic carbocycles. The Labute approximate surface area is 164 Å². The van der Waals surface area contributed by atoms with E-state index in [2.05, 4.69) is 22.0 Å². The lowest BCUT2D eigenvalue weighted by Gasteiger charge is -2.33. The van der Waals surface area contributed by atoms with Crippen LogP contribution in [0.25, 0.3) is 0 Å². The quantitative estimate of drug-likeness (QED) is 0.690. The van der Waals surface area contributed by atoms with E-state index in [0.717, 1.165) is 36.8 Å². The Balaban J connectivity index is 1.88. The number of halogens is 1. The smallest absolute Gasteiger partial charge is 0.410 e. The van der Waals surface area contributed by atoms with Gasteiger partial charge in [-0.15, -0.1) is 0 Å². The number of piperidine rings is 1. The molecule has 5 nitrogen and oxygen atoms in total. The van der Waals surface area contributed by atoms with E-state index in [1.165, 1.54) is 12.5 Å². The number of Topliss-reactive ketones (excluding diaryl/α,β-unsaturated/α-hetero) is 1. The van der Waals surface area contributed by atoms with Crippen molar-refractivity contribution in [3.05, 3.63) is 28.2 Å². The van der Waals surface area contributed by atoms with Crippen LogP contribution in [-0.4, -0.2) is 42.1 Å². The number of likely N-dealkylation sites (tertiary alicyclic amines) is 1. The van der Waals surface area contributed by atoms with Gasteiger partial charge in [-0.05, 0) is 86.5 Å². The number of hydrogen-bond donors (Lipinski definition) is 0. The lowest BCUT2D eigenvalue weighted by atomic mass is 9.90. The molecule has 1 fully saturated rings. The number of carbonyl (C=O) groups is 2. The van der Waals surface area contributed by atoms with E-state index in [1.54, 1.807) is 4.90 Å². The van der Waals surface area contributed by atoms with Crippen LogP contribution >= 0.6 is 15.9 Å². The first-order chi connectivity index (χ1) is 12.1. The van der Waals surface area contributed by atoms with Gasteiger partial charge >= 0.3 is 6.09 Å². The average molecular weight is 426 g/mol. The van der Waals surface area contributed by atoms with Crippen molar-refractivity contribution in [3.8, 4) is 5.75 Å². The van der Waals surface area contributed by atoms with E-state index in [4.69, 9.17) is 9.47 Å². The lowest BCUT2D eigenvalue weighted by molar-refractivity contribution is -0.118. The summed E-state index contributed by atoms with van der Waals surface area (Å²) in [5.74, 6) is 1.22. The number of ether oxygens (including phenoxy) is 2. The summed E-state index contributed by atoms with van der Waals surface area (Å²) in [7, 11) is 0. The molecule has 1 aliphatic rings. The molecule has 1 heterocycles. The normalized spacial score (nSPS) is 15.7. The van der Waals surface area contributed by atoms with Gasteiger partial charge in [0, 0.05) is 13.1 Å². The SMILES string of the molecule is CC(=O)COc1cc(CC2CCN(C(=O)OC(C)(C)C)CC2)ccc1Br. The van der Waals surface area contributed by atoms with Crippen LogP contribution in [0.5, 0.6) is 5.75 Å². The van der Waals surface area contributed by atoms with Crippen molar-refractivity contribution in [2.24, 2.45) is 5.92 Å². The second-order valence-corrected chi connectivity index (χ2v) is 8.72. The molecule has 1 aromatic rings. The van der Waals surface area contributed by atoms with Crippen molar-refractivity contribution in [2.45, 2.75) is 52.6 Å². The van der Waals surface area contributed by atoms with Gasteiger partial charge in [-0.1, -0.05) is 6.07 Å². The summed E-state index contributed by atoms with van der Waals surface area (Å²) in [5, 5.41) is 0. The van der Waals surface area contributed by atoms with Crippen molar-refractivity contribution in [1.29, 1.82) is 0 Å². The zero-order valence-corrected chi connectivity index (χ0v) is 17.6. The van der Waals surface area contributed by atoms with Gasteiger partial charge in [-0.25, -0.2) is 4.79 Å². The number of amides is 1. The topological polar surface area (TPSA) is 55.8 Å². The van der Waals surface area contributed by atoms with Crippen LogP contribution < -0.4 is 4.74 Å². The van der Waals surface area contributed by atoms with Gasteiger partial charge < -0.3 is 14.4 Å². The fourth-order valence-electron chi connectivity index (χ4n) is 2.94. The third-order valence-electron chi connectivity index (χ3n) is 4.22. The zero-order valence-electron chi connectivity index (χ0n) is 16.0. The standard InChI is InChI=1S/C20H28BrNO4/c1-14(23)13-25-18-12-16(5-6-17(18)21)11-15-7-9-22(10-8-15)19(24)26-20(2,3)4/h5-6,12,15H,7-11,13H2,1-4H3. The van der Waals surface area contributed by atoms with Gasteiger partial charge in [0.1, 0.15) is 18.0 Å². The minimum Gasteiger partial charge on any atom is -0.485 e. The Hall–Kier alpha value is -1.56. The van der Waals surface area contributed by atoms with E-state index in [1.807, 2.05) is 32.9 Å². The van der Waals surface area contributed by atoms with Crippen molar-refractivity contribution >= 4 is 27.8 Å². The summed E-state index contributed by atoms with van der Waals surface area (Å²) in [5.41, 5.74) is 0.726. The summed E-state index contributed by atoms with van der Waals surface area (Å²) in [4.78, 5) is 25.1. The van der Waals surface area contributed by atoms with Gasteiger partial charge in [0.2, 0.25) is 0 Å². The molecule has 0 atom stereocenters. The summed E-state index contributed by atoms with van der Waals surface area (Å²) in [6, 6.07) is 6.03. The highest BCUT2D eigenvalue weighted by Gasteiger charge is 2.27. The average Bonchev–Trinajstić information content (AvgIpc) is 2.54. The van der Waals surface area contributed by atoms with Gasteiger partial charge in [0.25, 0.3) is 0 Å². The maximum absolute atomic E-state index is 12.1. The van der Waals surface area contributed by atoms with E-state index < -0.39 is 5.60 Å². The molecule has 1 aromatic carbocycles. The zero-order chi connectivity index (χ0) is 19.3.